The van der Waals surface area contributed by atoms with Crippen molar-refractivity contribution in [2.24, 2.45) is 0 Å². The minimum atomic E-state index is -0.212. The van der Waals surface area contributed by atoms with Gasteiger partial charge in [-0.25, -0.2) is 4.98 Å². The van der Waals surface area contributed by atoms with Gasteiger partial charge in [-0.15, -0.1) is 11.3 Å². The second kappa shape index (κ2) is 7.53. The number of nitrogens with zero attached hydrogens (tertiary/aromatic N) is 3. The maximum absolute atomic E-state index is 12.8. The molecule has 0 aliphatic carbocycles. The third-order valence-electron chi connectivity index (χ3n) is 4.86. The fourth-order valence-corrected chi connectivity index (χ4v) is 4.23. The molecule has 0 saturated carbocycles. The van der Waals surface area contributed by atoms with Crippen molar-refractivity contribution in [1.82, 2.24) is 14.5 Å². The number of fused-ring (bicyclic) bond motifs is 2. The van der Waals surface area contributed by atoms with Gasteiger partial charge >= 0.3 is 0 Å². The van der Waals surface area contributed by atoms with Crippen molar-refractivity contribution in [3.63, 3.8) is 0 Å². The number of hydrogen-bond acceptors (Lipinski definition) is 5. The Morgan fingerprint density at radius 2 is 1.57 bits per heavy atom. The van der Waals surface area contributed by atoms with E-state index in [0.29, 0.717) is 15.9 Å². The van der Waals surface area contributed by atoms with Crippen LogP contribution in [0.5, 0.6) is 0 Å². The molecule has 3 heterocycles. The van der Waals surface area contributed by atoms with Crippen LogP contribution >= 0.6 is 11.3 Å². The molecule has 2 aromatic carbocycles. The molecule has 30 heavy (non-hydrogen) atoms. The highest BCUT2D eigenvalue weighted by atomic mass is 32.1. The third-order valence-corrected chi connectivity index (χ3v) is 5.62. The minimum absolute atomic E-state index is 0.0298. The summed E-state index contributed by atoms with van der Waals surface area (Å²) in [6, 6.07) is 20.3. The standard InChI is InChI=1S/C23H16N4O2S/c28-21(26-23-25-18(14-30-23)17-9-5-6-12-24-17)13-27-19-10-3-1-7-15(19)22(29)16-8-2-4-11-20(16)27/h1-12,14H,13H2,(H,25,26,28). The van der Waals surface area contributed by atoms with Crippen molar-refractivity contribution >= 4 is 44.2 Å². The third kappa shape index (κ3) is 3.25. The molecule has 0 radical (unpaired) electrons. The molecule has 146 valence electrons. The van der Waals surface area contributed by atoms with Gasteiger partial charge in [0.2, 0.25) is 5.91 Å². The van der Waals surface area contributed by atoms with E-state index in [9.17, 15) is 9.59 Å². The number of thiazole rings is 1. The first kappa shape index (κ1) is 18.2. The van der Waals surface area contributed by atoms with E-state index in [1.165, 1.54) is 11.3 Å². The quantitative estimate of drug-likeness (QED) is 0.446. The van der Waals surface area contributed by atoms with Crippen molar-refractivity contribution in [3.8, 4) is 11.4 Å². The highest BCUT2D eigenvalue weighted by Gasteiger charge is 2.14. The van der Waals surface area contributed by atoms with Gasteiger partial charge in [0.25, 0.3) is 0 Å². The second-order valence-corrected chi connectivity index (χ2v) is 7.61. The van der Waals surface area contributed by atoms with Crippen molar-refractivity contribution in [2.45, 2.75) is 6.54 Å². The molecule has 7 heteroatoms. The Labute approximate surface area is 175 Å². The van der Waals surface area contributed by atoms with Crippen molar-refractivity contribution in [1.29, 1.82) is 0 Å². The second-order valence-electron chi connectivity index (χ2n) is 6.75. The molecule has 6 nitrogen and oxygen atoms in total. The minimum Gasteiger partial charge on any atom is -0.331 e. The Balaban J connectivity index is 1.49. The van der Waals surface area contributed by atoms with Gasteiger partial charge in [-0.3, -0.25) is 14.6 Å². The average molecular weight is 412 g/mol. The summed E-state index contributed by atoms with van der Waals surface area (Å²) >= 11 is 1.35. The van der Waals surface area contributed by atoms with Crippen LogP contribution in [0.3, 0.4) is 0 Å². The lowest BCUT2D eigenvalue weighted by atomic mass is 10.1. The van der Waals surface area contributed by atoms with E-state index in [-0.39, 0.29) is 17.9 Å². The Hall–Kier alpha value is -3.84. The van der Waals surface area contributed by atoms with Crippen LogP contribution in [0, 0.1) is 0 Å². The molecule has 0 spiro atoms. The molecule has 5 rings (SSSR count). The van der Waals surface area contributed by atoms with Gasteiger partial charge in [0.15, 0.2) is 10.6 Å². The molecule has 0 aliphatic heterocycles. The fourth-order valence-electron chi connectivity index (χ4n) is 3.51. The molecule has 0 saturated heterocycles. The number of pyridine rings is 2. The van der Waals surface area contributed by atoms with E-state index in [4.69, 9.17) is 0 Å². The Bertz CT molecular complexity index is 1380. The Morgan fingerprint density at radius 3 is 2.23 bits per heavy atom. The largest absolute Gasteiger partial charge is 0.331 e. The molecule has 3 aromatic heterocycles. The van der Waals surface area contributed by atoms with E-state index in [2.05, 4.69) is 15.3 Å². The molecule has 0 unspecified atom stereocenters. The molecular formula is C23H16N4O2S. The van der Waals surface area contributed by atoms with E-state index in [0.717, 1.165) is 22.4 Å². The first-order valence-corrected chi connectivity index (χ1v) is 10.3. The molecular weight excluding hydrogens is 396 g/mol. The number of aromatic nitrogens is 3. The molecule has 1 N–H and O–H groups in total. The highest BCUT2D eigenvalue weighted by Crippen LogP contribution is 2.24. The van der Waals surface area contributed by atoms with Gasteiger partial charge in [-0.1, -0.05) is 30.3 Å². The van der Waals surface area contributed by atoms with Gasteiger partial charge in [-0.05, 0) is 36.4 Å². The summed E-state index contributed by atoms with van der Waals surface area (Å²) in [4.78, 5) is 34.4. The van der Waals surface area contributed by atoms with Crippen LogP contribution < -0.4 is 10.7 Å². The predicted molar refractivity (Wildman–Crippen MR) is 120 cm³/mol. The predicted octanol–water partition coefficient (Wildman–Crippen LogP) is 4.31. The van der Waals surface area contributed by atoms with Crippen LogP contribution in [0.1, 0.15) is 0 Å². The first-order valence-electron chi connectivity index (χ1n) is 9.38. The topological polar surface area (TPSA) is 76.9 Å². The monoisotopic (exact) mass is 412 g/mol. The zero-order valence-electron chi connectivity index (χ0n) is 15.8. The van der Waals surface area contributed by atoms with Gasteiger partial charge in [0.05, 0.1) is 16.7 Å². The van der Waals surface area contributed by atoms with Gasteiger partial charge < -0.3 is 9.88 Å². The summed E-state index contributed by atoms with van der Waals surface area (Å²) < 4.78 is 1.87. The van der Waals surface area contributed by atoms with Crippen LogP contribution in [0.4, 0.5) is 5.13 Å². The maximum atomic E-state index is 12.8. The van der Waals surface area contributed by atoms with Crippen LogP contribution in [-0.2, 0) is 11.3 Å². The van der Waals surface area contributed by atoms with Crippen LogP contribution in [0.25, 0.3) is 33.2 Å². The van der Waals surface area contributed by atoms with Crippen molar-refractivity contribution in [3.05, 3.63) is 88.5 Å². The highest BCUT2D eigenvalue weighted by molar-refractivity contribution is 7.14. The molecule has 5 aromatic rings. The number of anilines is 1. The molecule has 0 atom stereocenters. The average Bonchev–Trinajstić information content (AvgIpc) is 3.25. The van der Waals surface area contributed by atoms with Crippen LogP contribution in [-0.4, -0.2) is 20.4 Å². The number of carbonyl (C=O) groups excluding carboxylic acids is 1. The first-order chi connectivity index (χ1) is 14.7. The summed E-state index contributed by atoms with van der Waals surface area (Å²) in [5.74, 6) is -0.212. The fraction of sp³-hybridized carbons (Fsp3) is 0.0435. The van der Waals surface area contributed by atoms with Crippen LogP contribution in [0.15, 0.2) is 83.1 Å². The number of benzene rings is 2. The number of nitrogens with one attached hydrogen (secondary N) is 1. The zero-order chi connectivity index (χ0) is 20.5. The number of rotatable bonds is 4. The lowest BCUT2D eigenvalue weighted by molar-refractivity contribution is -0.116. The van der Waals surface area contributed by atoms with Crippen molar-refractivity contribution < 1.29 is 4.79 Å². The van der Waals surface area contributed by atoms with E-state index in [1.54, 1.807) is 18.3 Å². The molecule has 1 amide bonds. The van der Waals surface area contributed by atoms with Crippen LogP contribution in [0.2, 0.25) is 0 Å². The summed E-state index contributed by atoms with van der Waals surface area (Å²) in [5, 5.41) is 6.43. The van der Waals surface area contributed by atoms with E-state index < -0.39 is 0 Å². The molecule has 0 bridgehead atoms. The normalized spacial score (nSPS) is 11.1. The van der Waals surface area contributed by atoms with Crippen molar-refractivity contribution in [2.75, 3.05) is 5.32 Å². The SMILES string of the molecule is O=C(Cn1c2ccccc2c(=O)c2ccccc21)Nc1nc(-c2ccccn2)cs1. The van der Waals surface area contributed by atoms with Gasteiger partial charge in [0.1, 0.15) is 12.2 Å². The summed E-state index contributed by atoms with van der Waals surface area (Å²) in [5.41, 5.74) is 2.90. The Morgan fingerprint density at radius 1 is 0.900 bits per heavy atom. The summed E-state index contributed by atoms with van der Waals surface area (Å²) in [6.45, 7) is 0.0693. The summed E-state index contributed by atoms with van der Waals surface area (Å²) in [6.07, 6.45) is 1.71. The number of para-hydroxylation sites is 2. The number of hydrogen-bond donors (Lipinski definition) is 1. The van der Waals surface area contributed by atoms with Gasteiger partial charge in [-0.2, -0.15) is 0 Å². The number of amides is 1. The van der Waals surface area contributed by atoms with Gasteiger partial charge in [0, 0.05) is 22.3 Å². The lowest BCUT2D eigenvalue weighted by Crippen LogP contribution is -2.21. The summed E-state index contributed by atoms with van der Waals surface area (Å²) in [7, 11) is 0. The number of carbonyl (C=O) groups is 1. The smallest absolute Gasteiger partial charge is 0.246 e. The molecule has 0 aliphatic rings. The van der Waals surface area contributed by atoms with E-state index >= 15 is 0 Å². The van der Waals surface area contributed by atoms with E-state index in [1.807, 2.05) is 64.5 Å². The Kier molecular flexibility index (Phi) is 4.57. The zero-order valence-corrected chi connectivity index (χ0v) is 16.6. The molecule has 0 fully saturated rings. The maximum Gasteiger partial charge on any atom is 0.246 e. The lowest BCUT2D eigenvalue weighted by Gasteiger charge is -2.14.